The zero-order chi connectivity index (χ0) is 21.5. The number of carboxylic acid groups (broad SMARTS) is 1. The highest BCUT2D eigenvalue weighted by atomic mass is 16.4. The van der Waals surface area contributed by atoms with Gasteiger partial charge in [0.05, 0.1) is 23.3 Å². The first-order valence-electron chi connectivity index (χ1n) is 9.47. The van der Waals surface area contributed by atoms with Gasteiger partial charge in [-0.1, -0.05) is 60.2 Å². The number of aliphatic carboxylic acids is 1. The number of carboxylic acids is 1. The first kappa shape index (κ1) is 20.8. The van der Waals surface area contributed by atoms with Gasteiger partial charge in [0.15, 0.2) is 0 Å². The third-order valence-electron chi connectivity index (χ3n) is 4.61. The highest BCUT2D eigenvalue weighted by Gasteiger charge is 2.19. The van der Waals surface area contributed by atoms with E-state index in [-0.39, 0.29) is 23.6 Å². The Bertz CT molecular complexity index is 1050. The minimum atomic E-state index is -1.38. The maximum Gasteiger partial charge on any atom is 0.255 e. The van der Waals surface area contributed by atoms with Crippen LogP contribution >= 0.6 is 0 Å². The molecule has 0 aliphatic carbocycles. The average Bonchev–Trinajstić information content (AvgIpc) is 2.74. The molecule has 0 radical (unpaired) electrons. The highest BCUT2D eigenvalue weighted by Crippen LogP contribution is 2.17. The van der Waals surface area contributed by atoms with Crippen molar-refractivity contribution >= 4 is 23.5 Å². The lowest BCUT2D eigenvalue weighted by molar-refractivity contribution is -0.308. The molecule has 3 rings (SSSR count). The average molecular weight is 401 g/mol. The predicted molar refractivity (Wildman–Crippen MR) is 112 cm³/mol. The van der Waals surface area contributed by atoms with E-state index in [2.05, 4.69) is 10.6 Å². The summed E-state index contributed by atoms with van der Waals surface area (Å²) >= 11 is 0. The first-order chi connectivity index (χ1) is 14.4. The summed E-state index contributed by atoms with van der Waals surface area (Å²) in [7, 11) is 0. The van der Waals surface area contributed by atoms with Crippen LogP contribution in [0.4, 0.5) is 5.69 Å². The van der Waals surface area contributed by atoms with Crippen molar-refractivity contribution in [2.24, 2.45) is 0 Å². The summed E-state index contributed by atoms with van der Waals surface area (Å²) in [6, 6.07) is 21.2. The highest BCUT2D eigenvalue weighted by molar-refractivity contribution is 6.09. The van der Waals surface area contributed by atoms with Crippen LogP contribution in [0.1, 0.15) is 31.8 Å². The number of hydrogen-bond donors (Lipinski definition) is 2. The lowest BCUT2D eigenvalue weighted by Crippen LogP contribution is -2.49. The first-order valence-corrected chi connectivity index (χ1v) is 9.47. The molecular weight excluding hydrogens is 380 g/mol. The number of aryl methyl sites for hydroxylation is 1. The van der Waals surface area contributed by atoms with Crippen molar-refractivity contribution in [3.8, 4) is 0 Å². The summed E-state index contributed by atoms with van der Waals surface area (Å²) in [4.78, 5) is 36.9. The van der Waals surface area contributed by atoms with E-state index in [9.17, 15) is 19.5 Å². The van der Waals surface area contributed by atoms with Gasteiger partial charge in [0, 0.05) is 5.56 Å². The second-order valence-corrected chi connectivity index (χ2v) is 6.90. The molecule has 0 spiro atoms. The van der Waals surface area contributed by atoms with Crippen LogP contribution in [0.25, 0.3) is 0 Å². The summed E-state index contributed by atoms with van der Waals surface area (Å²) in [6.07, 6.45) is 0.0901. The largest absolute Gasteiger partial charge is 0.548 e. The molecule has 2 N–H and O–H groups in total. The van der Waals surface area contributed by atoms with Crippen LogP contribution in [0, 0.1) is 6.92 Å². The van der Waals surface area contributed by atoms with Gasteiger partial charge < -0.3 is 20.5 Å². The number of benzene rings is 3. The quantitative estimate of drug-likeness (QED) is 0.635. The molecule has 2 amide bonds. The van der Waals surface area contributed by atoms with Crippen molar-refractivity contribution in [1.29, 1.82) is 0 Å². The summed E-state index contributed by atoms with van der Waals surface area (Å²) in [6.45, 7) is 1.92. The molecular formula is C24H21N2O4-. The fraction of sp³-hybridized carbons (Fsp3) is 0.125. The molecule has 0 saturated carbocycles. The van der Waals surface area contributed by atoms with Crippen molar-refractivity contribution < 1.29 is 19.5 Å². The topological polar surface area (TPSA) is 98.3 Å². The Morgan fingerprint density at radius 3 is 2.13 bits per heavy atom. The van der Waals surface area contributed by atoms with Crippen LogP contribution in [0.5, 0.6) is 0 Å². The Kier molecular flexibility index (Phi) is 6.60. The van der Waals surface area contributed by atoms with Gasteiger partial charge in [0.1, 0.15) is 0 Å². The fourth-order valence-electron chi connectivity index (χ4n) is 2.97. The summed E-state index contributed by atoms with van der Waals surface area (Å²) < 4.78 is 0. The Morgan fingerprint density at radius 1 is 0.833 bits per heavy atom. The Balaban J connectivity index is 1.76. The third kappa shape index (κ3) is 5.32. The van der Waals surface area contributed by atoms with Crippen molar-refractivity contribution in [3.63, 3.8) is 0 Å². The van der Waals surface area contributed by atoms with E-state index >= 15 is 0 Å². The van der Waals surface area contributed by atoms with Crippen LogP contribution in [0.15, 0.2) is 78.9 Å². The number of nitrogens with one attached hydrogen (secondary N) is 2. The van der Waals surface area contributed by atoms with Crippen molar-refractivity contribution in [2.45, 2.75) is 19.4 Å². The Labute approximate surface area is 174 Å². The lowest BCUT2D eigenvalue weighted by Gasteiger charge is -2.21. The van der Waals surface area contributed by atoms with Crippen LogP contribution in [-0.4, -0.2) is 23.8 Å². The molecule has 0 aromatic heterocycles. The van der Waals surface area contributed by atoms with Gasteiger partial charge in [-0.05, 0) is 43.2 Å². The Morgan fingerprint density at radius 2 is 1.47 bits per heavy atom. The smallest absolute Gasteiger partial charge is 0.255 e. The molecule has 6 heteroatoms. The molecule has 6 nitrogen and oxygen atoms in total. The molecule has 0 fully saturated rings. The number of hydrogen-bond acceptors (Lipinski definition) is 4. The van der Waals surface area contributed by atoms with Crippen LogP contribution in [-0.2, 0) is 11.2 Å². The summed E-state index contributed by atoms with van der Waals surface area (Å²) in [5, 5.41) is 16.8. The minimum absolute atomic E-state index is 0.0901. The second kappa shape index (κ2) is 9.52. The zero-order valence-corrected chi connectivity index (χ0v) is 16.4. The van der Waals surface area contributed by atoms with Crippen molar-refractivity contribution in [1.82, 2.24) is 5.32 Å². The normalized spacial score (nSPS) is 11.4. The second-order valence-electron chi connectivity index (χ2n) is 6.90. The number of para-hydroxylation sites is 1. The standard InChI is InChI=1S/C24H22N2O4/c1-16-11-13-18(14-12-16)22(27)25-20-10-6-5-9-19(20)23(28)26-21(24(29)30)15-17-7-3-2-4-8-17/h2-14,21H,15H2,1H3,(H,25,27)(H,26,28)(H,29,30)/p-1/t21-/m0/s1. The molecule has 30 heavy (non-hydrogen) atoms. The molecule has 0 heterocycles. The van der Waals surface area contributed by atoms with Gasteiger partial charge in [-0.3, -0.25) is 9.59 Å². The SMILES string of the molecule is Cc1ccc(C(=O)Nc2ccccc2C(=O)N[C@@H](Cc2ccccc2)C(=O)[O-])cc1. The molecule has 152 valence electrons. The molecule has 1 atom stereocenters. The third-order valence-corrected chi connectivity index (χ3v) is 4.61. The molecule has 0 saturated heterocycles. The lowest BCUT2D eigenvalue weighted by atomic mass is 10.0. The molecule has 3 aromatic rings. The molecule has 0 bridgehead atoms. The number of carbonyl (C=O) groups excluding carboxylic acids is 3. The molecule has 0 unspecified atom stereocenters. The van der Waals surface area contributed by atoms with E-state index in [0.717, 1.165) is 11.1 Å². The van der Waals surface area contributed by atoms with Gasteiger partial charge in [0.25, 0.3) is 11.8 Å². The summed E-state index contributed by atoms with van der Waals surface area (Å²) in [5.74, 6) is -2.36. The van der Waals surface area contributed by atoms with Gasteiger partial charge in [-0.15, -0.1) is 0 Å². The number of anilines is 1. The van der Waals surface area contributed by atoms with E-state index in [0.29, 0.717) is 5.56 Å². The fourth-order valence-corrected chi connectivity index (χ4v) is 2.97. The number of carbonyl (C=O) groups is 3. The van der Waals surface area contributed by atoms with E-state index in [4.69, 9.17) is 0 Å². The predicted octanol–water partition coefficient (Wildman–Crippen LogP) is 2.34. The van der Waals surface area contributed by atoms with E-state index in [1.807, 2.05) is 25.1 Å². The van der Waals surface area contributed by atoms with E-state index < -0.39 is 17.9 Å². The van der Waals surface area contributed by atoms with Crippen LogP contribution < -0.4 is 15.7 Å². The van der Waals surface area contributed by atoms with Crippen LogP contribution in [0.2, 0.25) is 0 Å². The van der Waals surface area contributed by atoms with E-state index in [1.165, 1.54) is 6.07 Å². The zero-order valence-electron chi connectivity index (χ0n) is 16.4. The van der Waals surface area contributed by atoms with E-state index in [1.54, 1.807) is 54.6 Å². The van der Waals surface area contributed by atoms with Gasteiger partial charge in [-0.2, -0.15) is 0 Å². The number of rotatable bonds is 7. The monoisotopic (exact) mass is 401 g/mol. The summed E-state index contributed by atoms with van der Waals surface area (Å²) in [5.41, 5.74) is 2.69. The minimum Gasteiger partial charge on any atom is -0.548 e. The van der Waals surface area contributed by atoms with Crippen molar-refractivity contribution in [2.75, 3.05) is 5.32 Å². The van der Waals surface area contributed by atoms with Gasteiger partial charge in [-0.25, -0.2) is 0 Å². The number of amides is 2. The molecule has 3 aromatic carbocycles. The van der Waals surface area contributed by atoms with Crippen LogP contribution in [0.3, 0.4) is 0 Å². The molecule has 0 aliphatic rings. The molecule has 0 aliphatic heterocycles. The Hall–Kier alpha value is -3.93. The van der Waals surface area contributed by atoms with Crippen molar-refractivity contribution in [3.05, 3.63) is 101 Å². The maximum atomic E-state index is 12.8. The maximum absolute atomic E-state index is 12.8. The van der Waals surface area contributed by atoms with Gasteiger partial charge in [0.2, 0.25) is 0 Å². The van der Waals surface area contributed by atoms with Gasteiger partial charge >= 0.3 is 0 Å².